The number of aromatic nitrogens is 1. The van der Waals surface area contributed by atoms with Gasteiger partial charge in [-0.2, -0.15) is 0 Å². The fourth-order valence-electron chi connectivity index (χ4n) is 3.21. The zero-order chi connectivity index (χ0) is 16.8. The van der Waals surface area contributed by atoms with E-state index in [9.17, 15) is 4.79 Å². The van der Waals surface area contributed by atoms with Crippen LogP contribution in [0.3, 0.4) is 0 Å². The summed E-state index contributed by atoms with van der Waals surface area (Å²) in [4.78, 5) is 18.6. The van der Waals surface area contributed by atoms with Crippen molar-refractivity contribution in [1.29, 1.82) is 0 Å². The highest BCUT2D eigenvalue weighted by Gasteiger charge is 2.25. The van der Waals surface area contributed by atoms with E-state index < -0.39 is 0 Å². The van der Waals surface area contributed by atoms with Gasteiger partial charge in [0.1, 0.15) is 0 Å². The van der Waals surface area contributed by atoms with Crippen molar-refractivity contribution in [1.82, 2.24) is 9.88 Å². The Hall–Kier alpha value is -2.20. The van der Waals surface area contributed by atoms with E-state index in [4.69, 9.17) is 4.74 Å². The molecule has 2 aromatic rings. The van der Waals surface area contributed by atoms with E-state index in [-0.39, 0.29) is 11.9 Å². The molecule has 24 heavy (non-hydrogen) atoms. The first-order valence-electron chi connectivity index (χ1n) is 8.64. The molecule has 4 nitrogen and oxygen atoms in total. The average Bonchev–Trinajstić information content (AvgIpc) is 2.63. The van der Waals surface area contributed by atoms with Gasteiger partial charge in [-0.05, 0) is 50.0 Å². The lowest BCUT2D eigenvalue weighted by atomic mass is 9.96. The predicted molar refractivity (Wildman–Crippen MR) is 94.3 cm³/mol. The number of esters is 1. The van der Waals surface area contributed by atoms with Crippen LogP contribution in [0, 0.1) is 5.92 Å². The summed E-state index contributed by atoms with van der Waals surface area (Å²) in [5.41, 5.74) is 3.55. The molecule has 1 aliphatic rings. The molecule has 2 heterocycles. The third-order valence-corrected chi connectivity index (χ3v) is 4.52. The number of likely N-dealkylation sites (tertiary alicyclic amines) is 1. The van der Waals surface area contributed by atoms with Crippen molar-refractivity contribution >= 4 is 5.97 Å². The largest absolute Gasteiger partial charge is 0.466 e. The summed E-state index contributed by atoms with van der Waals surface area (Å²) >= 11 is 0. The Morgan fingerprint density at radius 2 is 1.92 bits per heavy atom. The normalized spacial score (nSPS) is 16.0. The van der Waals surface area contributed by atoms with Crippen LogP contribution >= 0.6 is 0 Å². The lowest BCUT2D eigenvalue weighted by Crippen LogP contribution is -2.36. The third kappa shape index (κ3) is 4.20. The van der Waals surface area contributed by atoms with E-state index in [1.807, 2.05) is 37.5 Å². The quantitative estimate of drug-likeness (QED) is 0.789. The summed E-state index contributed by atoms with van der Waals surface area (Å²) in [6.45, 7) is 5.07. The fourth-order valence-corrected chi connectivity index (χ4v) is 3.21. The van der Waals surface area contributed by atoms with Gasteiger partial charge in [-0.15, -0.1) is 0 Å². The van der Waals surface area contributed by atoms with Crippen LogP contribution in [0.15, 0.2) is 48.8 Å². The van der Waals surface area contributed by atoms with Crippen molar-refractivity contribution < 1.29 is 9.53 Å². The van der Waals surface area contributed by atoms with Gasteiger partial charge < -0.3 is 4.74 Å². The lowest BCUT2D eigenvalue weighted by molar-refractivity contribution is -0.149. The third-order valence-electron chi connectivity index (χ3n) is 4.52. The molecule has 126 valence electrons. The molecule has 0 amide bonds. The molecule has 1 aromatic carbocycles. The molecule has 0 bridgehead atoms. The monoisotopic (exact) mass is 324 g/mol. The van der Waals surface area contributed by atoms with E-state index in [2.05, 4.69) is 28.1 Å². The van der Waals surface area contributed by atoms with Crippen molar-refractivity contribution in [3.8, 4) is 11.1 Å². The topological polar surface area (TPSA) is 42.4 Å². The Labute approximate surface area is 143 Å². The number of rotatable bonds is 5. The number of benzene rings is 1. The van der Waals surface area contributed by atoms with Gasteiger partial charge in [0, 0.05) is 24.5 Å². The fraction of sp³-hybridized carbons (Fsp3) is 0.400. The maximum atomic E-state index is 11.8. The van der Waals surface area contributed by atoms with Crippen molar-refractivity contribution in [3.05, 3.63) is 54.4 Å². The maximum Gasteiger partial charge on any atom is 0.309 e. The van der Waals surface area contributed by atoms with Crippen molar-refractivity contribution in [2.24, 2.45) is 5.92 Å². The second kappa shape index (κ2) is 8.06. The minimum atomic E-state index is -0.0371. The molecule has 0 radical (unpaired) electrons. The number of pyridine rings is 1. The molecule has 0 saturated carbocycles. The average molecular weight is 324 g/mol. The second-order valence-corrected chi connectivity index (χ2v) is 6.25. The Balaban J connectivity index is 1.59. The van der Waals surface area contributed by atoms with Crippen LogP contribution in [0.4, 0.5) is 0 Å². The van der Waals surface area contributed by atoms with Crippen LogP contribution in [-0.2, 0) is 16.1 Å². The number of carbonyl (C=O) groups excluding carboxylic acids is 1. The van der Waals surface area contributed by atoms with Crippen LogP contribution in [0.25, 0.3) is 11.1 Å². The van der Waals surface area contributed by atoms with Gasteiger partial charge in [0.15, 0.2) is 0 Å². The van der Waals surface area contributed by atoms with E-state index in [0.29, 0.717) is 6.61 Å². The molecule has 4 heteroatoms. The molecule has 1 saturated heterocycles. The van der Waals surface area contributed by atoms with Crippen molar-refractivity contribution in [3.63, 3.8) is 0 Å². The summed E-state index contributed by atoms with van der Waals surface area (Å²) in [5, 5.41) is 0. The molecular formula is C20H24N2O2. The summed E-state index contributed by atoms with van der Waals surface area (Å²) < 4.78 is 5.13. The minimum absolute atomic E-state index is 0.0371. The first-order chi connectivity index (χ1) is 11.8. The summed E-state index contributed by atoms with van der Waals surface area (Å²) in [6, 6.07) is 12.5. The van der Waals surface area contributed by atoms with Gasteiger partial charge >= 0.3 is 5.97 Å². The van der Waals surface area contributed by atoms with Crippen molar-refractivity contribution in [2.75, 3.05) is 19.7 Å². The highest BCUT2D eigenvalue weighted by Crippen LogP contribution is 2.22. The molecule has 0 N–H and O–H groups in total. The highest BCUT2D eigenvalue weighted by molar-refractivity contribution is 5.72. The van der Waals surface area contributed by atoms with Gasteiger partial charge in [0.25, 0.3) is 0 Å². The Morgan fingerprint density at radius 3 is 2.62 bits per heavy atom. The van der Waals surface area contributed by atoms with E-state index in [1.165, 1.54) is 11.1 Å². The molecular weight excluding hydrogens is 300 g/mol. The molecule has 0 atom stereocenters. The summed E-state index contributed by atoms with van der Waals surface area (Å²) in [5.74, 6) is 0.0277. The zero-order valence-electron chi connectivity index (χ0n) is 14.1. The van der Waals surface area contributed by atoms with Gasteiger partial charge in [0.2, 0.25) is 0 Å². The number of piperidine rings is 1. The lowest BCUT2D eigenvalue weighted by Gasteiger charge is -2.30. The SMILES string of the molecule is CCOC(=O)C1CCN(Cc2cncc(-c3ccccc3)c2)CC1. The summed E-state index contributed by atoms with van der Waals surface area (Å²) in [6.07, 6.45) is 5.60. The number of carbonyl (C=O) groups is 1. The number of nitrogens with zero attached hydrogens (tertiary/aromatic N) is 2. The number of hydrogen-bond donors (Lipinski definition) is 0. The standard InChI is InChI=1S/C20H24N2O2/c1-2-24-20(23)18-8-10-22(11-9-18)15-16-12-19(14-21-13-16)17-6-4-3-5-7-17/h3-7,12-14,18H,2,8-11,15H2,1H3. The van der Waals surface area contributed by atoms with E-state index in [0.717, 1.165) is 38.0 Å². The Kier molecular flexibility index (Phi) is 5.59. The van der Waals surface area contributed by atoms with Gasteiger partial charge in [-0.3, -0.25) is 14.7 Å². The molecule has 0 spiro atoms. The highest BCUT2D eigenvalue weighted by atomic mass is 16.5. The van der Waals surface area contributed by atoms with Crippen LogP contribution in [0.5, 0.6) is 0 Å². The zero-order valence-corrected chi connectivity index (χ0v) is 14.1. The number of ether oxygens (including phenoxy) is 1. The molecule has 1 aliphatic heterocycles. The van der Waals surface area contributed by atoms with Crippen molar-refractivity contribution in [2.45, 2.75) is 26.3 Å². The minimum Gasteiger partial charge on any atom is -0.466 e. The molecule has 1 fully saturated rings. The van der Waals surface area contributed by atoms with E-state index in [1.54, 1.807) is 0 Å². The molecule has 0 unspecified atom stereocenters. The smallest absolute Gasteiger partial charge is 0.309 e. The first-order valence-corrected chi connectivity index (χ1v) is 8.64. The second-order valence-electron chi connectivity index (χ2n) is 6.25. The van der Waals surface area contributed by atoms with Crippen LogP contribution < -0.4 is 0 Å². The Morgan fingerprint density at radius 1 is 1.17 bits per heavy atom. The predicted octanol–water partition coefficient (Wildman–Crippen LogP) is 3.52. The molecule has 3 rings (SSSR count). The van der Waals surface area contributed by atoms with Gasteiger partial charge in [-0.1, -0.05) is 30.3 Å². The van der Waals surface area contributed by atoms with E-state index >= 15 is 0 Å². The number of hydrogen-bond acceptors (Lipinski definition) is 4. The van der Waals surface area contributed by atoms with Gasteiger partial charge in [-0.25, -0.2) is 0 Å². The maximum absolute atomic E-state index is 11.8. The van der Waals surface area contributed by atoms with Crippen LogP contribution in [0.2, 0.25) is 0 Å². The Bertz CT molecular complexity index is 664. The van der Waals surface area contributed by atoms with Gasteiger partial charge in [0.05, 0.1) is 12.5 Å². The molecule has 0 aliphatic carbocycles. The first kappa shape index (κ1) is 16.7. The molecule has 1 aromatic heterocycles. The van der Waals surface area contributed by atoms with Crippen LogP contribution in [0.1, 0.15) is 25.3 Å². The van der Waals surface area contributed by atoms with Crippen LogP contribution in [-0.4, -0.2) is 35.5 Å². The summed E-state index contributed by atoms with van der Waals surface area (Å²) in [7, 11) is 0.